The van der Waals surface area contributed by atoms with Crippen molar-refractivity contribution in [2.45, 2.75) is 19.0 Å². The molecule has 26 heavy (non-hydrogen) atoms. The lowest BCUT2D eigenvalue weighted by Crippen LogP contribution is -2.27. The molecule has 144 valence electrons. The molecule has 0 spiro atoms. The van der Waals surface area contributed by atoms with Gasteiger partial charge in [-0.2, -0.15) is 0 Å². The van der Waals surface area contributed by atoms with E-state index in [0.29, 0.717) is 24.7 Å². The fraction of sp³-hybridized carbons (Fsp3) is 0.312. The number of thiophene rings is 1. The first kappa shape index (κ1) is 23.5. The number of halogens is 4. The van der Waals surface area contributed by atoms with Crippen LogP contribution in [-0.2, 0) is 17.7 Å². The maximum atomic E-state index is 6.19. The van der Waals surface area contributed by atoms with Gasteiger partial charge in [0.05, 0.1) is 39.8 Å². The third-order valence-electron chi connectivity index (χ3n) is 3.48. The Morgan fingerprint density at radius 1 is 1.46 bits per heavy atom. The maximum Gasteiger partial charge on any atom is 0.131 e. The molecule has 0 saturated heterocycles. The molecule has 3 aromatic rings. The van der Waals surface area contributed by atoms with Gasteiger partial charge in [0, 0.05) is 30.5 Å². The first-order valence-corrected chi connectivity index (χ1v) is 9.35. The van der Waals surface area contributed by atoms with Crippen LogP contribution in [0.15, 0.2) is 33.4 Å². The summed E-state index contributed by atoms with van der Waals surface area (Å²) in [5.41, 5.74) is 7.86. The highest BCUT2D eigenvalue weighted by atomic mass is 79.9. The smallest absolute Gasteiger partial charge is 0.131 e. The molecule has 3 rings (SSSR count). The van der Waals surface area contributed by atoms with Crippen LogP contribution in [0, 0.1) is 0 Å². The first-order chi connectivity index (χ1) is 11.6. The number of hydrogen-bond donors (Lipinski definition) is 2. The van der Waals surface area contributed by atoms with Crippen LogP contribution in [-0.4, -0.2) is 24.7 Å². The second kappa shape index (κ2) is 10.7. The Labute approximate surface area is 181 Å². The number of nitrogens with one attached hydrogen (secondary N) is 1. The van der Waals surface area contributed by atoms with E-state index in [4.69, 9.17) is 26.5 Å². The van der Waals surface area contributed by atoms with E-state index in [1.165, 1.54) is 0 Å². The average molecular weight is 504 g/mol. The summed E-state index contributed by atoms with van der Waals surface area (Å²) in [4.78, 5) is 5.58. The molecule has 3 aromatic heterocycles. The van der Waals surface area contributed by atoms with Crippen molar-refractivity contribution < 1.29 is 9.15 Å². The van der Waals surface area contributed by atoms with Crippen LogP contribution in [0.2, 0.25) is 5.15 Å². The van der Waals surface area contributed by atoms with Crippen LogP contribution < -0.4 is 11.1 Å². The van der Waals surface area contributed by atoms with E-state index in [9.17, 15) is 0 Å². The van der Waals surface area contributed by atoms with E-state index >= 15 is 0 Å². The van der Waals surface area contributed by atoms with E-state index in [1.54, 1.807) is 24.7 Å². The fourth-order valence-corrected chi connectivity index (χ4v) is 4.66. The zero-order chi connectivity index (χ0) is 17.1. The van der Waals surface area contributed by atoms with Crippen LogP contribution in [0.5, 0.6) is 0 Å². The quantitative estimate of drug-likeness (QED) is 0.430. The number of pyridine rings is 1. The van der Waals surface area contributed by atoms with Crippen molar-refractivity contribution in [3.8, 4) is 0 Å². The minimum absolute atomic E-state index is 0. The van der Waals surface area contributed by atoms with Crippen LogP contribution in [0.3, 0.4) is 0 Å². The van der Waals surface area contributed by atoms with Crippen molar-refractivity contribution in [1.29, 1.82) is 0 Å². The normalized spacial score (nSPS) is 11.7. The highest BCUT2D eigenvalue weighted by Crippen LogP contribution is 2.40. The largest absolute Gasteiger partial charge is 0.467 e. The molecule has 10 heteroatoms. The van der Waals surface area contributed by atoms with Gasteiger partial charge < -0.3 is 20.2 Å². The van der Waals surface area contributed by atoms with Gasteiger partial charge in [-0.15, -0.1) is 36.2 Å². The zero-order valence-electron chi connectivity index (χ0n) is 13.8. The average Bonchev–Trinajstić information content (AvgIpc) is 3.15. The maximum absolute atomic E-state index is 6.19. The van der Waals surface area contributed by atoms with Gasteiger partial charge in [0.15, 0.2) is 0 Å². The van der Waals surface area contributed by atoms with Gasteiger partial charge in [-0.25, -0.2) is 4.98 Å². The van der Waals surface area contributed by atoms with E-state index in [0.717, 1.165) is 31.0 Å². The lowest BCUT2D eigenvalue weighted by molar-refractivity contribution is 0.180. The van der Waals surface area contributed by atoms with Crippen molar-refractivity contribution in [2.24, 2.45) is 5.73 Å². The molecule has 0 aromatic carbocycles. The Hall–Kier alpha value is -0.540. The van der Waals surface area contributed by atoms with E-state index in [-0.39, 0.29) is 30.9 Å². The number of rotatable bonds is 7. The number of anilines is 1. The zero-order valence-corrected chi connectivity index (χ0v) is 18.6. The van der Waals surface area contributed by atoms with Crippen LogP contribution >= 0.6 is 63.7 Å². The van der Waals surface area contributed by atoms with Gasteiger partial charge in [0.2, 0.25) is 0 Å². The Morgan fingerprint density at radius 2 is 2.23 bits per heavy atom. The van der Waals surface area contributed by atoms with Gasteiger partial charge in [0.1, 0.15) is 10.9 Å². The molecular formula is C16H19BrCl3N3O2S. The number of furan rings is 1. The third kappa shape index (κ3) is 5.48. The molecular weight excluding hydrogens is 485 g/mol. The molecule has 0 amide bonds. The topological polar surface area (TPSA) is 73.3 Å². The standard InChI is InChI=1S/C16H17BrClN3O2S.2ClH/c1-22-8-9(19)5-12-14(17)15-16(24-12)11(6-13(18)21-15)20-7-10-3-2-4-23-10;;/h2-4,6,9H,5,7-8,19H2,1H3,(H,20,21);2*1H/t9-;;/m1../s1. The summed E-state index contributed by atoms with van der Waals surface area (Å²) >= 11 is 11.5. The molecule has 0 radical (unpaired) electrons. The SMILES string of the molecule is COC[C@H](N)Cc1sc2c(NCc3ccco3)cc(Cl)nc2c1Br.Cl.Cl. The Bertz CT molecular complexity index is 830. The number of nitrogens with zero attached hydrogens (tertiary/aromatic N) is 1. The van der Waals surface area contributed by atoms with Gasteiger partial charge >= 0.3 is 0 Å². The van der Waals surface area contributed by atoms with E-state index in [2.05, 4.69) is 26.2 Å². The minimum Gasteiger partial charge on any atom is -0.467 e. The molecule has 0 fully saturated rings. The predicted octanol–water partition coefficient (Wildman–Crippen LogP) is 5.28. The molecule has 3 N–H and O–H groups in total. The number of hydrogen-bond acceptors (Lipinski definition) is 6. The van der Waals surface area contributed by atoms with Gasteiger partial charge in [-0.05, 0) is 28.1 Å². The molecule has 0 aliphatic carbocycles. The Kier molecular flexibility index (Phi) is 9.68. The van der Waals surface area contributed by atoms with Gasteiger partial charge in [-0.3, -0.25) is 0 Å². The minimum atomic E-state index is -0.0608. The first-order valence-electron chi connectivity index (χ1n) is 7.36. The molecule has 1 atom stereocenters. The second-order valence-corrected chi connectivity index (χ2v) is 7.65. The summed E-state index contributed by atoms with van der Waals surface area (Å²) < 4.78 is 12.5. The molecule has 0 aliphatic rings. The third-order valence-corrected chi connectivity index (χ3v) is 6.03. The molecule has 0 bridgehead atoms. The van der Waals surface area contributed by atoms with Crippen LogP contribution in [0.4, 0.5) is 5.69 Å². The predicted molar refractivity (Wildman–Crippen MR) is 116 cm³/mol. The molecule has 0 saturated carbocycles. The number of fused-ring (bicyclic) bond motifs is 1. The van der Waals surface area contributed by atoms with Gasteiger partial charge in [-0.1, -0.05) is 11.6 Å². The molecule has 5 nitrogen and oxygen atoms in total. The number of nitrogens with two attached hydrogens (primary N) is 1. The fourth-order valence-electron chi connectivity index (χ4n) is 2.42. The summed E-state index contributed by atoms with van der Waals surface area (Å²) in [5.74, 6) is 0.856. The molecule has 3 heterocycles. The van der Waals surface area contributed by atoms with Crippen LogP contribution in [0.25, 0.3) is 10.2 Å². The highest BCUT2D eigenvalue weighted by molar-refractivity contribution is 9.10. The van der Waals surface area contributed by atoms with Crippen molar-refractivity contribution in [2.75, 3.05) is 19.0 Å². The van der Waals surface area contributed by atoms with Gasteiger partial charge in [0.25, 0.3) is 0 Å². The van der Waals surface area contributed by atoms with Crippen LogP contribution in [0.1, 0.15) is 10.6 Å². The second-order valence-electron chi connectivity index (χ2n) is 5.36. The highest BCUT2D eigenvalue weighted by Gasteiger charge is 2.17. The summed E-state index contributed by atoms with van der Waals surface area (Å²) in [6.45, 7) is 1.09. The number of aromatic nitrogens is 1. The van der Waals surface area contributed by atoms with Crippen molar-refractivity contribution in [1.82, 2.24) is 4.98 Å². The Morgan fingerprint density at radius 3 is 2.88 bits per heavy atom. The summed E-state index contributed by atoms with van der Waals surface area (Å²) in [6.07, 6.45) is 2.37. The van der Waals surface area contributed by atoms with Crippen molar-refractivity contribution in [3.63, 3.8) is 0 Å². The van der Waals surface area contributed by atoms with Crippen molar-refractivity contribution >= 4 is 79.6 Å². The number of ether oxygens (including phenoxy) is 1. The Balaban J connectivity index is 0.00000169. The monoisotopic (exact) mass is 501 g/mol. The summed E-state index contributed by atoms with van der Waals surface area (Å²) in [7, 11) is 1.65. The lowest BCUT2D eigenvalue weighted by atomic mass is 10.2. The number of methoxy groups -OCH3 is 1. The van der Waals surface area contributed by atoms with E-state index in [1.807, 2.05) is 18.2 Å². The molecule has 0 aliphatic heterocycles. The van der Waals surface area contributed by atoms with Crippen molar-refractivity contribution in [3.05, 3.63) is 44.7 Å². The van der Waals surface area contributed by atoms with E-state index < -0.39 is 0 Å². The molecule has 0 unspecified atom stereocenters. The summed E-state index contributed by atoms with van der Waals surface area (Å²) in [6, 6.07) is 5.55. The summed E-state index contributed by atoms with van der Waals surface area (Å²) in [5, 5.41) is 3.81. The lowest BCUT2D eigenvalue weighted by Gasteiger charge is -2.08.